The minimum Gasteiger partial charge on any atom is -0.504 e. The van der Waals surface area contributed by atoms with Crippen molar-refractivity contribution in [2.45, 2.75) is 68.6 Å². The zero-order valence-corrected chi connectivity index (χ0v) is 19.1. The molecule has 2 heterocycles. The molecule has 0 aromatic heterocycles. The number of esters is 1. The Bertz CT molecular complexity index is 1110. The van der Waals surface area contributed by atoms with Crippen molar-refractivity contribution >= 4 is 5.97 Å². The van der Waals surface area contributed by atoms with E-state index in [0.29, 0.717) is 17.7 Å². The van der Waals surface area contributed by atoms with E-state index in [-0.39, 0.29) is 35.3 Å². The van der Waals surface area contributed by atoms with E-state index in [9.17, 15) is 9.90 Å². The van der Waals surface area contributed by atoms with Crippen molar-refractivity contribution in [1.82, 2.24) is 4.90 Å². The maximum absolute atomic E-state index is 12.3. The van der Waals surface area contributed by atoms with Crippen LogP contribution >= 0.6 is 0 Å². The Morgan fingerprint density at radius 2 is 2.03 bits per heavy atom. The zero-order chi connectivity index (χ0) is 22.3. The number of phenols is 1. The number of carbonyl (C=O) groups is 1. The Kier molecular flexibility index (Phi) is 4.21. The molecule has 2 aromatic carbocycles. The molecule has 0 amide bonds. The Hall–Kier alpha value is -2.53. The lowest BCUT2D eigenvalue weighted by Gasteiger charge is -2.60. The van der Waals surface area contributed by atoms with Gasteiger partial charge in [0.15, 0.2) is 11.5 Å². The minimum atomic E-state index is -0.366. The smallest absolute Gasteiger partial charge is 0.303 e. The molecule has 5 nitrogen and oxygen atoms in total. The van der Waals surface area contributed by atoms with Crippen LogP contribution < -0.4 is 4.74 Å². The summed E-state index contributed by atoms with van der Waals surface area (Å²) in [6.07, 6.45) is 5.07. The van der Waals surface area contributed by atoms with Crippen molar-refractivity contribution in [3.8, 4) is 11.5 Å². The summed E-state index contributed by atoms with van der Waals surface area (Å²) in [5, 5.41) is 10.8. The maximum atomic E-state index is 12.3. The van der Waals surface area contributed by atoms with E-state index < -0.39 is 0 Å². The molecule has 0 radical (unpaired) electrons. The third-order valence-corrected chi connectivity index (χ3v) is 9.20. The highest BCUT2D eigenvalue weighted by atomic mass is 16.6. The highest BCUT2D eigenvalue weighted by Gasteiger charge is 2.68. The van der Waals surface area contributed by atoms with Crippen LogP contribution in [-0.2, 0) is 21.4 Å². The van der Waals surface area contributed by atoms with Gasteiger partial charge < -0.3 is 14.6 Å². The predicted molar refractivity (Wildman–Crippen MR) is 123 cm³/mol. The third-order valence-electron chi connectivity index (χ3n) is 9.20. The number of hydrogen-bond donors (Lipinski definition) is 1. The number of carbonyl (C=O) groups excluding carboxylic acids is 1. The molecule has 2 aromatic rings. The van der Waals surface area contributed by atoms with Gasteiger partial charge in [-0.2, -0.15) is 0 Å². The Morgan fingerprint density at radius 3 is 2.79 bits per heavy atom. The molecule has 5 heteroatoms. The average molecular weight is 446 g/mol. The number of hydrogen-bond acceptors (Lipinski definition) is 5. The summed E-state index contributed by atoms with van der Waals surface area (Å²) in [5.74, 6) is 1.95. The number of aromatic hydroxyl groups is 1. The van der Waals surface area contributed by atoms with Gasteiger partial charge in [0, 0.05) is 36.4 Å². The van der Waals surface area contributed by atoms with Crippen LogP contribution in [0.4, 0.5) is 0 Å². The van der Waals surface area contributed by atoms with Crippen LogP contribution in [0.2, 0.25) is 0 Å². The minimum absolute atomic E-state index is 0.0830. The molecular weight excluding hydrogens is 414 g/mol. The van der Waals surface area contributed by atoms with E-state index in [0.717, 1.165) is 31.7 Å². The second kappa shape index (κ2) is 6.99. The fraction of sp³-hybridized carbons (Fsp3) is 0.536. The first kappa shape index (κ1) is 19.9. The molecule has 3 aliphatic carbocycles. The molecule has 2 saturated carbocycles. The van der Waals surface area contributed by atoms with E-state index in [1.54, 1.807) is 6.07 Å². The molecule has 1 spiro atoms. The van der Waals surface area contributed by atoms with Crippen molar-refractivity contribution < 1.29 is 19.4 Å². The van der Waals surface area contributed by atoms with Crippen LogP contribution in [0, 0.1) is 11.8 Å². The second-order valence-corrected chi connectivity index (χ2v) is 10.9. The summed E-state index contributed by atoms with van der Waals surface area (Å²) >= 11 is 0. The Morgan fingerprint density at radius 1 is 1.21 bits per heavy atom. The van der Waals surface area contributed by atoms with E-state index >= 15 is 0 Å². The van der Waals surface area contributed by atoms with Gasteiger partial charge in [-0.15, -0.1) is 0 Å². The van der Waals surface area contributed by atoms with Gasteiger partial charge in [0.2, 0.25) is 0 Å². The van der Waals surface area contributed by atoms with Gasteiger partial charge in [-0.3, -0.25) is 9.69 Å². The summed E-state index contributed by atoms with van der Waals surface area (Å²) in [4.78, 5) is 15.1. The summed E-state index contributed by atoms with van der Waals surface area (Å²) in [5.41, 5.74) is 3.54. The monoisotopic (exact) mass is 445 g/mol. The summed E-state index contributed by atoms with van der Waals surface area (Å²) < 4.78 is 12.7. The van der Waals surface area contributed by atoms with Crippen molar-refractivity contribution in [2.24, 2.45) is 11.8 Å². The Labute approximate surface area is 194 Å². The van der Waals surface area contributed by atoms with Gasteiger partial charge in [0.1, 0.15) is 12.2 Å². The van der Waals surface area contributed by atoms with Crippen molar-refractivity contribution in [2.75, 3.05) is 13.1 Å². The number of ether oxygens (including phenoxy) is 2. The number of piperidine rings is 1. The van der Waals surface area contributed by atoms with E-state index in [1.807, 2.05) is 6.07 Å². The largest absolute Gasteiger partial charge is 0.504 e. The van der Waals surface area contributed by atoms with Crippen LogP contribution in [0.25, 0.3) is 0 Å². The number of phenolic OH excluding ortho intramolecular Hbond substituents is 1. The van der Waals surface area contributed by atoms with Crippen LogP contribution in [0.5, 0.6) is 11.5 Å². The average Bonchev–Trinajstić information content (AvgIpc) is 3.56. The number of rotatable bonds is 4. The predicted octanol–water partition coefficient (Wildman–Crippen LogP) is 4.17. The lowest BCUT2D eigenvalue weighted by molar-refractivity contribution is -0.168. The highest BCUT2D eigenvalue weighted by Crippen LogP contribution is 2.66. The van der Waals surface area contributed by atoms with Gasteiger partial charge in [0.25, 0.3) is 0 Å². The summed E-state index contributed by atoms with van der Waals surface area (Å²) in [6.45, 7) is 3.75. The topological polar surface area (TPSA) is 59.0 Å². The molecule has 2 aliphatic heterocycles. The lowest BCUT2D eigenvalue weighted by Crippen LogP contribution is -2.68. The second-order valence-electron chi connectivity index (χ2n) is 10.9. The van der Waals surface area contributed by atoms with Crippen molar-refractivity contribution in [1.29, 1.82) is 0 Å². The first-order chi connectivity index (χ1) is 16.1. The summed E-state index contributed by atoms with van der Waals surface area (Å²) in [7, 11) is 0. The molecule has 2 bridgehead atoms. The van der Waals surface area contributed by atoms with E-state index in [1.165, 1.54) is 43.0 Å². The molecule has 1 saturated heterocycles. The van der Waals surface area contributed by atoms with Gasteiger partial charge in [0.05, 0.1) is 0 Å². The van der Waals surface area contributed by atoms with Crippen molar-refractivity contribution in [3.63, 3.8) is 0 Å². The molecule has 7 rings (SSSR count). The molecule has 3 fully saturated rings. The number of benzene rings is 2. The quantitative estimate of drug-likeness (QED) is 0.716. The van der Waals surface area contributed by atoms with Gasteiger partial charge >= 0.3 is 5.97 Å². The lowest BCUT2D eigenvalue weighted by atomic mass is 9.49. The summed E-state index contributed by atoms with van der Waals surface area (Å²) in [6, 6.07) is 14.9. The van der Waals surface area contributed by atoms with Crippen LogP contribution in [0.1, 0.15) is 55.2 Å². The first-order valence-electron chi connectivity index (χ1n) is 12.5. The van der Waals surface area contributed by atoms with Crippen LogP contribution in [0.3, 0.4) is 0 Å². The highest BCUT2D eigenvalue weighted by molar-refractivity contribution is 5.67. The third kappa shape index (κ3) is 2.78. The SMILES string of the molecule is CC(=O)O[C@H]1[C@@H](c2ccccc2)CC2[C@H]3Cc4ccc(O)c5c4[C@@]2(CCN3CC2CC2)[C@H]1O5. The van der Waals surface area contributed by atoms with Gasteiger partial charge in [-0.1, -0.05) is 36.4 Å². The Balaban J connectivity index is 1.40. The molecular formula is C28H31NO4. The molecule has 5 aliphatic rings. The normalized spacial score (nSPS) is 36.1. The van der Waals surface area contributed by atoms with E-state index in [2.05, 4.69) is 35.2 Å². The standard InChI is InChI=1S/C28H31NO4/c1-16(30)32-25-20(18-5-3-2-4-6-18)14-21-22-13-19-9-10-23(31)26-24(19)28(21,27(25)33-26)11-12-29(22)15-17-7-8-17/h2-6,9-10,17,20-22,25,27,31H,7-8,11-15H2,1H3/t20-,21?,22-,25+,27+,28+/m1/s1. The fourth-order valence-electron chi connectivity index (χ4n) is 7.79. The van der Waals surface area contributed by atoms with Crippen LogP contribution in [0.15, 0.2) is 42.5 Å². The molecule has 6 atom stereocenters. The molecule has 1 N–H and O–H groups in total. The zero-order valence-electron chi connectivity index (χ0n) is 19.1. The fourth-order valence-corrected chi connectivity index (χ4v) is 7.79. The van der Waals surface area contributed by atoms with Gasteiger partial charge in [-0.05, 0) is 67.7 Å². The maximum Gasteiger partial charge on any atom is 0.303 e. The van der Waals surface area contributed by atoms with Crippen molar-refractivity contribution in [3.05, 3.63) is 59.2 Å². The number of nitrogens with zero attached hydrogens (tertiary/aromatic N) is 1. The molecule has 172 valence electrons. The molecule has 33 heavy (non-hydrogen) atoms. The first-order valence-corrected chi connectivity index (χ1v) is 12.5. The van der Waals surface area contributed by atoms with Gasteiger partial charge in [-0.25, -0.2) is 0 Å². The van der Waals surface area contributed by atoms with Crippen LogP contribution in [-0.4, -0.2) is 47.3 Å². The van der Waals surface area contributed by atoms with E-state index in [4.69, 9.17) is 9.47 Å². The number of likely N-dealkylation sites (tertiary alicyclic amines) is 1. The molecule has 1 unspecified atom stereocenters.